The Morgan fingerprint density at radius 1 is 1.00 bits per heavy atom. The van der Waals surface area contributed by atoms with Gasteiger partial charge < -0.3 is 10.3 Å². The molecule has 4 rings (SSSR count). The zero-order valence-electron chi connectivity index (χ0n) is 15.5. The number of para-hydroxylation sites is 1. The quantitative estimate of drug-likeness (QED) is 0.691. The Balaban J connectivity index is 1.43. The van der Waals surface area contributed by atoms with Gasteiger partial charge >= 0.3 is 0 Å². The second kappa shape index (κ2) is 7.77. The van der Waals surface area contributed by atoms with Crippen molar-refractivity contribution in [1.29, 1.82) is 0 Å². The predicted molar refractivity (Wildman–Crippen MR) is 110 cm³/mol. The van der Waals surface area contributed by atoms with E-state index in [1.165, 1.54) is 0 Å². The number of H-pyrrole nitrogens is 1. The van der Waals surface area contributed by atoms with E-state index in [0.29, 0.717) is 18.8 Å². The molecule has 7 heteroatoms. The minimum atomic E-state index is -3.46. The third-order valence-electron chi connectivity index (χ3n) is 5.12. The van der Waals surface area contributed by atoms with Crippen LogP contribution in [0, 0.1) is 0 Å². The predicted octanol–water partition coefficient (Wildman–Crippen LogP) is 3.52. The molecule has 1 saturated heterocycles. The number of rotatable bonds is 5. The van der Waals surface area contributed by atoms with E-state index < -0.39 is 10.0 Å². The van der Waals surface area contributed by atoms with Crippen molar-refractivity contribution in [2.24, 2.45) is 0 Å². The molecular formula is C21H23N3O3S. The highest BCUT2D eigenvalue weighted by atomic mass is 32.2. The van der Waals surface area contributed by atoms with Gasteiger partial charge in [-0.1, -0.05) is 24.6 Å². The Bertz CT molecular complexity index is 1080. The lowest BCUT2D eigenvalue weighted by molar-refractivity contribution is -0.115. The monoisotopic (exact) mass is 397 g/mol. The first-order chi connectivity index (χ1) is 13.5. The van der Waals surface area contributed by atoms with Crippen molar-refractivity contribution in [3.05, 3.63) is 60.3 Å². The average molecular weight is 398 g/mol. The lowest BCUT2D eigenvalue weighted by Gasteiger charge is -2.25. The zero-order chi connectivity index (χ0) is 19.6. The Morgan fingerprint density at radius 3 is 2.46 bits per heavy atom. The number of fused-ring (bicyclic) bond motifs is 1. The molecule has 6 nitrogen and oxygen atoms in total. The number of nitrogens with zero attached hydrogens (tertiary/aromatic N) is 1. The van der Waals surface area contributed by atoms with E-state index in [9.17, 15) is 13.2 Å². The second-order valence-corrected chi connectivity index (χ2v) is 9.01. The highest BCUT2D eigenvalue weighted by Gasteiger charge is 2.25. The molecule has 1 amide bonds. The van der Waals surface area contributed by atoms with Crippen LogP contribution in [0.25, 0.3) is 10.9 Å². The van der Waals surface area contributed by atoms with Crippen LogP contribution in [-0.4, -0.2) is 36.7 Å². The van der Waals surface area contributed by atoms with Crippen molar-refractivity contribution in [2.75, 3.05) is 18.4 Å². The lowest BCUT2D eigenvalue weighted by atomic mass is 10.1. The number of hydrogen-bond donors (Lipinski definition) is 2. The van der Waals surface area contributed by atoms with Gasteiger partial charge in [0.05, 0.1) is 11.3 Å². The molecule has 2 heterocycles. The summed E-state index contributed by atoms with van der Waals surface area (Å²) in [5, 5.41) is 3.87. The Labute approximate surface area is 164 Å². The van der Waals surface area contributed by atoms with E-state index in [1.807, 2.05) is 30.5 Å². The standard InChI is InChI=1S/C21H23N3O3S/c25-21(14-16-15-22-20-7-3-2-6-19(16)20)23-17-8-10-18(11-9-17)28(26,27)24-12-4-1-5-13-24/h2-3,6-11,15,22H,1,4-5,12-14H2,(H,23,25). The van der Waals surface area contributed by atoms with Crippen LogP contribution < -0.4 is 5.32 Å². The zero-order valence-corrected chi connectivity index (χ0v) is 16.3. The molecule has 28 heavy (non-hydrogen) atoms. The average Bonchev–Trinajstić information content (AvgIpc) is 3.12. The molecule has 1 aliphatic heterocycles. The van der Waals surface area contributed by atoms with E-state index in [4.69, 9.17) is 0 Å². The summed E-state index contributed by atoms with van der Waals surface area (Å²) < 4.78 is 26.9. The first kappa shape index (κ1) is 18.7. The largest absolute Gasteiger partial charge is 0.361 e. The molecule has 0 bridgehead atoms. The number of nitrogens with one attached hydrogen (secondary N) is 2. The molecule has 1 aliphatic rings. The maximum Gasteiger partial charge on any atom is 0.243 e. The summed E-state index contributed by atoms with van der Waals surface area (Å²) >= 11 is 0. The SMILES string of the molecule is O=C(Cc1c[nH]c2ccccc12)Nc1ccc(S(=O)(=O)N2CCCCC2)cc1. The molecule has 2 N–H and O–H groups in total. The lowest BCUT2D eigenvalue weighted by Crippen LogP contribution is -2.35. The summed E-state index contributed by atoms with van der Waals surface area (Å²) in [5.41, 5.74) is 2.51. The number of aromatic nitrogens is 1. The van der Waals surface area contributed by atoms with Crippen molar-refractivity contribution in [2.45, 2.75) is 30.6 Å². The fraction of sp³-hybridized carbons (Fsp3) is 0.286. The number of piperidine rings is 1. The number of carbonyl (C=O) groups is 1. The number of sulfonamides is 1. The van der Waals surface area contributed by atoms with E-state index in [-0.39, 0.29) is 17.2 Å². The van der Waals surface area contributed by atoms with Crippen molar-refractivity contribution in [3.8, 4) is 0 Å². The van der Waals surface area contributed by atoms with Gasteiger partial charge in [0.1, 0.15) is 0 Å². The molecular weight excluding hydrogens is 374 g/mol. The van der Waals surface area contributed by atoms with Gasteiger partial charge in [0.25, 0.3) is 0 Å². The molecule has 146 valence electrons. The minimum Gasteiger partial charge on any atom is -0.361 e. The molecule has 2 aromatic carbocycles. The number of carbonyl (C=O) groups excluding carboxylic acids is 1. The fourth-order valence-corrected chi connectivity index (χ4v) is 5.14. The third kappa shape index (κ3) is 3.81. The van der Waals surface area contributed by atoms with E-state index in [1.54, 1.807) is 28.6 Å². The number of benzene rings is 2. The highest BCUT2D eigenvalue weighted by molar-refractivity contribution is 7.89. The van der Waals surface area contributed by atoms with Crippen molar-refractivity contribution < 1.29 is 13.2 Å². The first-order valence-electron chi connectivity index (χ1n) is 9.49. The van der Waals surface area contributed by atoms with Gasteiger partial charge in [0.15, 0.2) is 0 Å². The summed E-state index contributed by atoms with van der Waals surface area (Å²) in [7, 11) is -3.46. The van der Waals surface area contributed by atoms with Gasteiger partial charge in [0.2, 0.25) is 15.9 Å². The molecule has 0 spiro atoms. The van der Waals surface area contributed by atoms with Crippen LogP contribution >= 0.6 is 0 Å². The molecule has 0 unspecified atom stereocenters. The van der Waals surface area contributed by atoms with E-state index >= 15 is 0 Å². The van der Waals surface area contributed by atoms with Crippen LogP contribution in [0.15, 0.2) is 59.6 Å². The van der Waals surface area contributed by atoms with E-state index in [0.717, 1.165) is 35.7 Å². The second-order valence-electron chi connectivity index (χ2n) is 7.07. The Kier molecular flexibility index (Phi) is 5.19. The van der Waals surface area contributed by atoms with Gasteiger partial charge in [-0.2, -0.15) is 4.31 Å². The third-order valence-corrected chi connectivity index (χ3v) is 7.03. The van der Waals surface area contributed by atoms with Crippen molar-refractivity contribution in [3.63, 3.8) is 0 Å². The maximum atomic E-state index is 12.7. The van der Waals surface area contributed by atoms with Gasteiger partial charge in [0, 0.05) is 35.9 Å². The Hall–Kier alpha value is -2.64. The summed E-state index contributed by atoms with van der Waals surface area (Å²) in [6, 6.07) is 14.2. The first-order valence-corrected chi connectivity index (χ1v) is 10.9. The van der Waals surface area contributed by atoms with Crippen LogP contribution in [0.4, 0.5) is 5.69 Å². The molecule has 0 saturated carbocycles. The topological polar surface area (TPSA) is 82.3 Å². The summed E-state index contributed by atoms with van der Waals surface area (Å²) in [5.74, 6) is -0.142. The summed E-state index contributed by atoms with van der Waals surface area (Å²) in [6.07, 6.45) is 4.98. The van der Waals surface area contributed by atoms with Gasteiger partial charge in [-0.3, -0.25) is 4.79 Å². The molecule has 0 atom stereocenters. The summed E-state index contributed by atoms with van der Waals surface area (Å²) in [4.78, 5) is 15.8. The number of aromatic amines is 1. The van der Waals surface area contributed by atoms with Crippen LogP contribution in [0.5, 0.6) is 0 Å². The van der Waals surface area contributed by atoms with Crippen LogP contribution in [0.3, 0.4) is 0 Å². The van der Waals surface area contributed by atoms with Crippen molar-refractivity contribution in [1.82, 2.24) is 9.29 Å². The smallest absolute Gasteiger partial charge is 0.243 e. The maximum absolute atomic E-state index is 12.7. The molecule has 1 fully saturated rings. The van der Waals surface area contributed by atoms with Crippen LogP contribution in [0.1, 0.15) is 24.8 Å². The van der Waals surface area contributed by atoms with Crippen molar-refractivity contribution >= 4 is 32.5 Å². The minimum absolute atomic E-state index is 0.142. The van der Waals surface area contributed by atoms with Gasteiger partial charge in [-0.15, -0.1) is 0 Å². The van der Waals surface area contributed by atoms with Gasteiger partial charge in [-0.25, -0.2) is 8.42 Å². The summed E-state index contributed by atoms with van der Waals surface area (Å²) in [6.45, 7) is 1.15. The molecule has 1 aromatic heterocycles. The number of anilines is 1. The molecule has 3 aromatic rings. The highest BCUT2D eigenvalue weighted by Crippen LogP contribution is 2.22. The number of hydrogen-bond acceptors (Lipinski definition) is 3. The molecule has 0 aliphatic carbocycles. The Morgan fingerprint density at radius 2 is 1.71 bits per heavy atom. The molecule has 0 radical (unpaired) electrons. The van der Waals surface area contributed by atoms with E-state index in [2.05, 4.69) is 10.3 Å². The van der Waals surface area contributed by atoms with Gasteiger partial charge in [-0.05, 0) is 48.7 Å². The number of amides is 1. The fourth-order valence-electron chi connectivity index (χ4n) is 3.62. The van der Waals surface area contributed by atoms with Crippen LogP contribution in [0.2, 0.25) is 0 Å². The normalized spacial score (nSPS) is 15.6. The van der Waals surface area contributed by atoms with Crippen LogP contribution in [-0.2, 0) is 21.2 Å².